The Kier molecular flexibility index (Phi) is 4.32. The van der Waals surface area contributed by atoms with Gasteiger partial charge < -0.3 is 14.5 Å². The first kappa shape index (κ1) is 15.1. The van der Waals surface area contributed by atoms with Crippen LogP contribution in [0.4, 0.5) is 5.69 Å². The van der Waals surface area contributed by atoms with Crippen LogP contribution < -0.4 is 5.32 Å². The molecule has 0 bridgehead atoms. The number of carbonyl (C=O) groups excluding carboxylic acids is 1. The normalized spacial score (nSPS) is 11.1. The molecule has 6 nitrogen and oxygen atoms in total. The second-order valence-electron chi connectivity index (χ2n) is 4.39. The van der Waals surface area contributed by atoms with Gasteiger partial charge in [0.25, 0.3) is 0 Å². The second-order valence-corrected chi connectivity index (χ2v) is 6.37. The van der Waals surface area contributed by atoms with Gasteiger partial charge in [0.15, 0.2) is 9.84 Å². The molecule has 0 saturated carbocycles. The maximum atomic E-state index is 11.7. The molecule has 112 valence electrons. The number of furan rings is 1. The molecule has 1 N–H and O–H groups in total. The van der Waals surface area contributed by atoms with Crippen LogP contribution in [0.2, 0.25) is 0 Å². The highest BCUT2D eigenvalue weighted by molar-refractivity contribution is 7.90. The van der Waals surface area contributed by atoms with E-state index in [4.69, 9.17) is 4.42 Å². The van der Waals surface area contributed by atoms with Crippen molar-refractivity contribution in [3.63, 3.8) is 0 Å². The third-order valence-electron chi connectivity index (χ3n) is 2.87. The highest BCUT2D eigenvalue weighted by atomic mass is 32.2. The number of sulfone groups is 1. The second kappa shape index (κ2) is 6.01. The van der Waals surface area contributed by atoms with Crippen LogP contribution in [-0.4, -0.2) is 27.8 Å². The van der Waals surface area contributed by atoms with E-state index in [1.165, 1.54) is 19.4 Å². The maximum Gasteiger partial charge on any atom is 0.374 e. The van der Waals surface area contributed by atoms with E-state index in [0.29, 0.717) is 11.3 Å². The molecule has 2 rings (SSSR count). The Bertz CT molecular complexity index is 748. The number of rotatable bonds is 5. The number of para-hydroxylation sites is 1. The standard InChI is InChI=1S/C14H15NO5S/c1-19-14(16)13-10(7-8-20-13)9-15-11-5-3-4-6-12(11)21(2,17)18/h3-8,15H,9H2,1-2H3. The van der Waals surface area contributed by atoms with Gasteiger partial charge in [0, 0.05) is 18.4 Å². The van der Waals surface area contributed by atoms with Crippen molar-refractivity contribution < 1.29 is 22.4 Å². The fourth-order valence-corrected chi connectivity index (χ4v) is 2.74. The fourth-order valence-electron chi connectivity index (χ4n) is 1.87. The van der Waals surface area contributed by atoms with Gasteiger partial charge in [0.2, 0.25) is 5.76 Å². The summed E-state index contributed by atoms with van der Waals surface area (Å²) in [6.07, 6.45) is 2.52. The first-order valence-electron chi connectivity index (χ1n) is 6.11. The Labute approximate surface area is 122 Å². The lowest BCUT2D eigenvalue weighted by Gasteiger charge is -2.10. The number of hydrogen-bond acceptors (Lipinski definition) is 6. The van der Waals surface area contributed by atoms with Crippen molar-refractivity contribution >= 4 is 21.5 Å². The van der Waals surface area contributed by atoms with E-state index in [1.54, 1.807) is 24.3 Å². The van der Waals surface area contributed by atoms with E-state index in [1.807, 2.05) is 0 Å². The average molecular weight is 309 g/mol. The van der Waals surface area contributed by atoms with E-state index in [2.05, 4.69) is 10.1 Å². The fraction of sp³-hybridized carbons (Fsp3) is 0.214. The Morgan fingerprint density at radius 2 is 2.00 bits per heavy atom. The summed E-state index contributed by atoms with van der Waals surface area (Å²) in [5, 5.41) is 2.99. The summed E-state index contributed by atoms with van der Waals surface area (Å²) in [6, 6.07) is 8.19. The molecule has 0 aliphatic rings. The minimum atomic E-state index is -3.33. The predicted octanol–water partition coefficient (Wildman–Crippen LogP) is 2.08. The number of nitrogens with one attached hydrogen (secondary N) is 1. The molecule has 0 unspecified atom stereocenters. The molecule has 0 fully saturated rings. The van der Waals surface area contributed by atoms with Crippen LogP contribution in [0.25, 0.3) is 0 Å². The van der Waals surface area contributed by atoms with Crippen molar-refractivity contribution in [2.24, 2.45) is 0 Å². The van der Waals surface area contributed by atoms with E-state index >= 15 is 0 Å². The van der Waals surface area contributed by atoms with Crippen molar-refractivity contribution in [1.29, 1.82) is 0 Å². The number of ether oxygens (including phenoxy) is 1. The third-order valence-corrected chi connectivity index (χ3v) is 4.03. The van der Waals surface area contributed by atoms with Crippen molar-refractivity contribution in [3.05, 3.63) is 47.9 Å². The summed E-state index contributed by atoms with van der Waals surface area (Å²) < 4.78 is 33.1. The topological polar surface area (TPSA) is 85.6 Å². The lowest BCUT2D eigenvalue weighted by atomic mass is 10.2. The van der Waals surface area contributed by atoms with Crippen molar-refractivity contribution in [3.8, 4) is 0 Å². The van der Waals surface area contributed by atoms with Gasteiger partial charge in [-0.15, -0.1) is 0 Å². The summed E-state index contributed by atoms with van der Waals surface area (Å²) in [4.78, 5) is 11.7. The molecule has 0 amide bonds. The summed E-state index contributed by atoms with van der Waals surface area (Å²) in [7, 11) is -2.07. The zero-order chi connectivity index (χ0) is 15.5. The molecule has 1 aromatic heterocycles. The zero-order valence-corrected chi connectivity index (χ0v) is 12.4. The Morgan fingerprint density at radius 1 is 1.29 bits per heavy atom. The Morgan fingerprint density at radius 3 is 2.67 bits per heavy atom. The van der Waals surface area contributed by atoms with Gasteiger partial charge in [0.05, 0.1) is 24.0 Å². The average Bonchev–Trinajstić information content (AvgIpc) is 2.92. The quantitative estimate of drug-likeness (QED) is 0.851. The van der Waals surface area contributed by atoms with Gasteiger partial charge in [0.1, 0.15) is 0 Å². The van der Waals surface area contributed by atoms with Gasteiger partial charge in [-0.1, -0.05) is 12.1 Å². The highest BCUT2D eigenvalue weighted by Crippen LogP contribution is 2.22. The van der Waals surface area contributed by atoms with E-state index in [0.717, 1.165) is 6.26 Å². The summed E-state index contributed by atoms with van der Waals surface area (Å²) >= 11 is 0. The molecule has 0 radical (unpaired) electrons. The van der Waals surface area contributed by atoms with Crippen molar-refractivity contribution in [2.75, 3.05) is 18.7 Å². The molecule has 2 aromatic rings. The molecule has 0 aliphatic heterocycles. The summed E-state index contributed by atoms with van der Waals surface area (Å²) in [5.41, 5.74) is 1.06. The van der Waals surface area contributed by atoms with E-state index < -0.39 is 15.8 Å². The zero-order valence-electron chi connectivity index (χ0n) is 11.6. The minimum Gasteiger partial charge on any atom is -0.463 e. The van der Waals surface area contributed by atoms with Crippen molar-refractivity contribution in [2.45, 2.75) is 11.4 Å². The maximum absolute atomic E-state index is 11.7. The molecule has 0 aliphatic carbocycles. The van der Waals surface area contributed by atoms with Gasteiger partial charge in [-0.3, -0.25) is 0 Å². The molecular weight excluding hydrogens is 294 g/mol. The molecule has 0 saturated heterocycles. The largest absolute Gasteiger partial charge is 0.463 e. The lowest BCUT2D eigenvalue weighted by Crippen LogP contribution is -2.09. The van der Waals surface area contributed by atoms with E-state index in [9.17, 15) is 13.2 Å². The van der Waals surface area contributed by atoms with Gasteiger partial charge in [-0.2, -0.15) is 0 Å². The first-order chi connectivity index (χ1) is 9.93. The smallest absolute Gasteiger partial charge is 0.374 e. The van der Waals surface area contributed by atoms with Gasteiger partial charge in [-0.25, -0.2) is 13.2 Å². The number of benzene rings is 1. The van der Waals surface area contributed by atoms with Crippen LogP contribution in [0.5, 0.6) is 0 Å². The number of esters is 1. The minimum absolute atomic E-state index is 0.0989. The molecule has 0 spiro atoms. The molecule has 1 aromatic carbocycles. The molecular formula is C14H15NO5S. The summed E-state index contributed by atoms with van der Waals surface area (Å²) in [5.74, 6) is -0.477. The number of methoxy groups -OCH3 is 1. The molecule has 0 atom stereocenters. The van der Waals surface area contributed by atoms with E-state index in [-0.39, 0.29) is 17.2 Å². The van der Waals surface area contributed by atoms with Crippen LogP contribution in [0.15, 0.2) is 45.9 Å². The van der Waals surface area contributed by atoms with Gasteiger partial charge in [-0.05, 0) is 18.2 Å². The third kappa shape index (κ3) is 3.43. The summed E-state index contributed by atoms with van der Waals surface area (Å²) in [6.45, 7) is 0.244. The number of anilines is 1. The van der Waals surface area contributed by atoms with Crippen molar-refractivity contribution in [1.82, 2.24) is 0 Å². The molecule has 7 heteroatoms. The molecule has 1 heterocycles. The predicted molar refractivity (Wildman–Crippen MR) is 76.9 cm³/mol. The number of carbonyl (C=O) groups is 1. The SMILES string of the molecule is COC(=O)c1occc1CNc1ccccc1S(C)(=O)=O. The highest BCUT2D eigenvalue weighted by Gasteiger charge is 2.17. The Balaban J connectivity index is 2.22. The first-order valence-corrected chi connectivity index (χ1v) is 8.00. The van der Waals surface area contributed by atoms with Crippen LogP contribution in [0.3, 0.4) is 0 Å². The van der Waals surface area contributed by atoms with Crippen LogP contribution >= 0.6 is 0 Å². The van der Waals surface area contributed by atoms with Crippen LogP contribution in [-0.2, 0) is 21.1 Å². The molecule has 21 heavy (non-hydrogen) atoms. The monoisotopic (exact) mass is 309 g/mol. The van der Waals surface area contributed by atoms with Gasteiger partial charge >= 0.3 is 5.97 Å². The Hall–Kier alpha value is -2.28. The van der Waals surface area contributed by atoms with Crippen LogP contribution in [0.1, 0.15) is 16.1 Å². The number of hydrogen-bond donors (Lipinski definition) is 1. The van der Waals surface area contributed by atoms with Crippen LogP contribution in [0, 0.1) is 0 Å². The lowest BCUT2D eigenvalue weighted by molar-refractivity contribution is 0.0563.